The van der Waals surface area contributed by atoms with Crippen LogP contribution in [-0.4, -0.2) is 57.7 Å². The largest absolute Gasteiger partial charge is 0.487 e. The molecule has 0 radical (unpaired) electrons. The molecule has 1 aliphatic heterocycles. The number of carbonyl (C=O) groups is 2. The zero-order valence-electron chi connectivity index (χ0n) is 33.1. The molecule has 0 bridgehead atoms. The van der Waals surface area contributed by atoms with Crippen LogP contribution in [0.15, 0.2) is 66.9 Å². The third-order valence-electron chi connectivity index (χ3n) is 10.7. The van der Waals surface area contributed by atoms with Gasteiger partial charge in [0, 0.05) is 48.6 Å². The van der Waals surface area contributed by atoms with Gasteiger partial charge >= 0.3 is 0 Å². The highest BCUT2D eigenvalue weighted by Gasteiger charge is 2.30. The van der Waals surface area contributed by atoms with Gasteiger partial charge in [0.25, 0.3) is 5.95 Å². The minimum absolute atomic E-state index is 0.00419. The number of ether oxygens (including phenoxy) is 1. The lowest BCUT2D eigenvalue weighted by molar-refractivity contribution is -0.955. The van der Waals surface area contributed by atoms with Gasteiger partial charge in [0.1, 0.15) is 38.3 Å². The fourth-order valence-corrected chi connectivity index (χ4v) is 7.43. The molecule has 3 aromatic carbocycles. The predicted molar refractivity (Wildman–Crippen MR) is 223 cm³/mol. The Morgan fingerprint density at radius 2 is 1.82 bits per heavy atom. The standard InChI is InChI=1S/C43H52ClN7O4S/c1-7-28(3)40(52)37-14-9-29(23-30(37)8-2)15-19-46-41(53)31-17-21-50(22-18-31)39-32(26-45)24-34(25-38(39)44)43(4,5)33-10-12-36(13-11-33)55-27-35-16-20-47-42(48-35)49-51(6,54)56/h9-14,16,20,23-25,28,31,54,56H,7-8,15,17-19,21-22,27H2,1-6H3,(H-,46,47,48,49,53)/p+1. The van der Waals surface area contributed by atoms with E-state index in [9.17, 15) is 20.1 Å². The van der Waals surface area contributed by atoms with Crippen LogP contribution < -0.4 is 20.4 Å². The molecule has 2 heterocycles. The summed E-state index contributed by atoms with van der Waals surface area (Å²) >= 11 is 10.9. The average Bonchev–Trinajstić information content (AvgIpc) is 3.18. The lowest BCUT2D eigenvalue weighted by Gasteiger charge is -2.35. The number of rotatable bonds is 16. The van der Waals surface area contributed by atoms with Crippen molar-refractivity contribution in [1.29, 1.82) is 5.26 Å². The molecular formula is C43H53ClN7O4S+. The number of piperidine rings is 1. The van der Waals surface area contributed by atoms with Gasteiger partial charge in [-0.25, -0.2) is 9.97 Å². The van der Waals surface area contributed by atoms with Gasteiger partial charge in [0.2, 0.25) is 5.91 Å². The first kappa shape index (κ1) is 42.5. The molecule has 56 heavy (non-hydrogen) atoms. The summed E-state index contributed by atoms with van der Waals surface area (Å²) in [7, 11) is 1.42. The number of aromatic nitrogens is 2. The number of amides is 1. The van der Waals surface area contributed by atoms with Crippen LogP contribution in [0.1, 0.15) is 97.8 Å². The molecule has 296 valence electrons. The van der Waals surface area contributed by atoms with E-state index in [0.717, 1.165) is 40.7 Å². The number of Topliss-reactive ketones (excluding diaryl/α,β-unsaturated/α-hetero) is 1. The molecule has 2 atom stereocenters. The van der Waals surface area contributed by atoms with Crippen molar-refractivity contribution in [1.82, 2.24) is 15.3 Å². The molecule has 13 heteroatoms. The van der Waals surface area contributed by atoms with Gasteiger partial charge in [-0.05, 0) is 88.9 Å². The van der Waals surface area contributed by atoms with Gasteiger partial charge in [-0.3, -0.25) is 9.59 Å². The summed E-state index contributed by atoms with van der Waals surface area (Å²) < 4.78 is 5.15. The van der Waals surface area contributed by atoms with Crippen molar-refractivity contribution >= 4 is 47.7 Å². The van der Waals surface area contributed by atoms with Crippen LogP contribution in [0.4, 0.5) is 11.6 Å². The van der Waals surface area contributed by atoms with E-state index in [2.05, 4.69) is 71.3 Å². The SMILES string of the molecule is CCc1cc(CCNC(=O)C2CCN(c3c(Cl)cc(C(C)(C)c4ccc(OCc5ccnc(N[N+](C)(O)S)n5)cc4)cc3C#N)CC2)ccc1C(=O)C(C)CC. The molecule has 0 aliphatic carbocycles. The number of benzene rings is 3. The van der Waals surface area contributed by atoms with E-state index < -0.39 is 9.58 Å². The van der Waals surface area contributed by atoms with E-state index in [1.165, 1.54) is 7.05 Å². The highest BCUT2D eigenvalue weighted by atomic mass is 35.5. The highest BCUT2D eigenvalue weighted by Crippen LogP contribution is 2.40. The van der Waals surface area contributed by atoms with E-state index in [4.69, 9.17) is 16.3 Å². The molecule has 2 unspecified atom stereocenters. The topological polar surface area (TPSA) is 140 Å². The summed E-state index contributed by atoms with van der Waals surface area (Å²) in [4.78, 5) is 36.5. The highest BCUT2D eigenvalue weighted by molar-refractivity contribution is 7.74. The van der Waals surface area contributed by atoms with Crippen LogP contribution in [0.3, 0.4) is 0 Å². The van der Waals surface area contributed by atoms with Crippen molar-refractivity contribution < 1.29 is 23.7 Å². The predicted octanol–water partition coefficient (Wildman–Crippen LogP) is 8.28. The second kappa shape index (κ2) is 18.5. The number of nitrogens with one attached hydrogen (secondary N) is 2. The molecule has 0 saturated carbocycles. The molecule has 1 fully saturated rings. The third-order valence-corrected chi connectivity index (χ3v) is 11.1. The van der Waals surface area contributed by atoms with Crippen LogP contribution in [-0.2, 0) is 29.7 Å². The lowest BCUT2D eigenvalue weighted by atomic mass is 9.77. The molecule has 0 spiro atoms. The van der Waals surface area contributed by atoms with E-state index >= 15 is 0 Å². The van der Waals surface area contributed by atoms with Crippen molar-refractivity contribution in [2.45, 2.75) is 78.7 Å². The maximum atomic E-state index is 13.2. The second-order valence-corrected chi connectivity index (χ2v) is 16.3. The number of thiol groups is 1. The number of hydrogen-bond acceptors (Lipinski definition) is 10. The summed E-state index contributed by atoms with van der Waals surface area (Å²) in [5.74, 6) is 0.995. The molecule has 5 rings (SSSR count). The fraction of sp³-hybridized carbons (Fsp3) is 0.419. The number of ketones is 1. The van der Waals surface area contributed by atoms with Crippen molar-refractivity contribution in [2.24, 2.45) is 11.8 Å². The number of hydrogen-bond donors (Lipinski definition) is 4. The Labute approximate surface area is 341 Å². The molecule has 4 aromatic rings. The Morgan fingerprint density at radius 1 is 1.11 bits per heavy atom. The number of anilines is 2. The van der Waals surface area contributed by atoms with Crippen LogP contribution >= 0.6 is 24.4 Å². The molecule has 11 nitrogen and oxygen atoms in total. The maximum Gasteiger partial charge on any atom is 0.273 e. The molecule has 3 N–H and O–H groups in total. The summed E-state index contributed by atoms with van der Waals surface area (Å²) in [5.41, 5.74) is 8.91. The number of carbonyl (C=O) groups excluding carboxylic acids is 2. The normalized spacial score (nSPS) is 15.0. The molecule has 1 saturated heterocycles. The number of aryl methyl sites for hydroxylation is 1. The zero-order valence-corrected chi connectivity index (χ0v) is 34.8. The van der Waals surface area contributed by atoms with Gasteiger partial charge in [-0.2, -0.15) is 15.9 Å². The minimum Gasteiger partial charge on any atom is -0.487 e. The van der Waals surface area contributed by atoms with Crippen molar-refractivity contribution in [3.8, 4) is 11.8 Å². The first-order valence-electron chi connectivity index (χ1n) is 19.2. The van der Waals surface area contributed by atoms with Gasteiger partial charge < -0.3 is 15.0 Å². The maximum absolute atomic E-state index is 13.2. The monoisotopic (exact) mass is 798 g/mol. The molecule has 1 amide bonds. The summed E-state index contributed by atoms with van der Waals surface area (Å²) in [6.07, 6.45) is 5.20. The van der Waals surface area contributed by atoms with Crippen molar-refractivity contribution in [2.75, 3.05) is 37.0 Å². The Kier molecular flexibility index (Phi) is 14.0. The summed E-state index contributed by atoms with van der Waals surface area (Å²) in [6.45, 7) is 12.2. The number of hydroxylamine groups is 1. The number of nitriles is 1. The van der Waals surface area contributed by atoms with E-state index in [-0.39, 0.29) is 36.1 Å². The van der Waals surface area contributed by atoms with Gasteiger partial charge in [-0.15, -0.1) is 0 Å². The lowest BCUT2D eigenvalue weighted by Crippen LogP contribution is -2.41. The Morgan fingerprint density at radius 3 is 2.46 bits per heavy atom. The van der Waals surface area contributed by atoms with E-state index in [1.54, 1.807) is 12.3 Å². The molecule has 1 aliphatic rings. The average molecular weight is 799 g/mol. The smallest absolute Gasteiger partial charge is 0.273 e. The number of halogens is 1. The summed E-state index contributed by atoms with van der Waals surface area (Å²) in [5, 5.41) is 23.7. The minimum atomic E-state index is -0.812. The first-order valence-corrected chi connectivity index (χ1v) is 20.0. The van der Waals surface area contributed by atoms with Gasteiger partial charge in [-0.1, -0.05) is 76.6 Å². The third kappa shape index (κ3) is 10.6. The van der Waals surface area contributed by atoms with E-state index in [0.29, 0.717) is 66.6 Å². The molecule has 1 aromatic heterocycles. The fourth-order valence-electron chi connectivity index (χ4n) is 7.00. The Bertz CT molecular complexity index is 2050. The van der Waals surface area contributed by atoms with Crippen molar-refractivity contribution in [3.63, 3.8) is 0 Å². The van der Waals surface area contributed by atoms with Crippen LogP contribution in [0.25, 0.3) is 0 Å². The number of quaternary nitrogens is 1. The van der Waals surface area contributed by atoms with Gasteiger partial charge in [0.05, 0.1) is 22.0 Å². The molecular weight excluding hydrogens is 746 g/mol. The van der Waals surface area contributed by atoms with Crippen LogP contribution in [0, 0.1) is 23.2 Å². The Hall–Kier alpha value is -4.67. The second-order valence-electron chi connectivity index (χ2n) is 15.1. The quantitative estimate of drug-likeness (QED) is 0.0382. The van der Waals surface area contributed by atoms with Gasteiger partial charge in [0.15, 0.2) is 5.78 Å². The summed E-state index contributed by atoms with van der Waals surface area (Å²) in [6, 6.07) is 21.8. The number of nitrogens with zero attached hydrogens (tertiary/aromatic N) is 5. The van der Waals surface area contributed by atoms with Crippen LogP contribution in [0.2, 0.25) is 5.02 Å². The van der Waals surface area contributed by atoms with Crippen LogP contribution in [0.5, 0.6) is 5.75 Å². The Balaban J connectivity index is 1.16. The zero-order chi connectivity index (χ0) is 40.6. The first-order chi connectivity index (χ1) is 26.6. The van der Waals surface area contributed by atoms with Crippen molar-refractivity contribution in [3.05, 3.63) is 111 Å². The van der Waals surface area contributed by atoms with E-state index in [1.807, 2.05) is 62.4 Å².